The molecular formula is C17H24FN3O2. The Kier molecular flexibility index (Phi) is 5.60. The Morgan fingerprint density at radius 2 is 2.22 bits per heavy atom. The molecule has 0 fully saturated rings. The van der Waals surface area contributed by atoms with Gasteiger partial charge in [0.2, 0.25) is 0 Å². The van der Waals surface area contributed by atoms with Crippen molar-refractivity contribution in [1.82, 2.24) is 15.6 Å². The van der Waals surface area contributed by atoms with Crippen LogP contribution in [-0.4, -0.2) is 34.8 Å². The second-order valence-electron chi connectivity index (χ2n) is 6.10. The Balaban J connectivity index is 1.87. The highest BCUT2D eigenvalue weighted by Crippen LogP contribution is 2.19. The summed E-state index contributed by atoms with van der Waals surface area (Å²) >= 11 is 0. The van der Waals surface area contributed by atoms with Crippen molar-refractivity contribution in [2.75, 3.05) is 13.2 Å². The summed E-state index contributed by atoms with van der Waals surface area (Å²) in [4.78, 5) is 15.0. The van der Waals surface area contributed by atoms with Gasteiger partial charge in [-0.2, -0.15) is 0 Å². The van der Waals surface area contributed by atoms with Crippen molar-refractivity contribution in [3.8, 4) is 0 Å². The number of urea groups is 1. The van der Waals surface area contributed by atoms with Gasteiger partial charge in [0.25, 0.3) is 0 Å². The fourth-order valence-electron chi connectivity index (χ4n) is 2.73. The molecule has 1 heterocycles. The highest BCUT2D eigenvalue weighted by molar-refractivity contribution is 5.83. The summed E-state index contributed by atoms with van der Waals surface area (Å²) in [5, 5.41) is 16.0. The van der Waals surface area contributed by atoms with E-state index in [4.69, 9.17) is 0 Å². The van der Waals surface area contributed by atoms with E-state index in [2.05, 4.69) is 15.6 Å². The fraction of sp³-hybridized carbons (Fsp3) is 0.471. The van der Waals surface area contributed by atoms with E-state index in [-0.39, 0.29) is 18.5 Å². The zero-order valence-corrected chi connectivity index (χ0v) is 13.6. The lowest BCUT2D eigenvalue weighted by Gasteiger charge is -2.28. The number of halogens is 1. The van der Waals surface area contributed by atoms with Crippen molar-refractivity contribution in [1.29, 1.82) is 0 Å². The van der Waals surface area contributed by atoms with E-state index < -0.39 is 5.54 Å². The Morgan fingerprint density at radius 1 is 1.43 bits per heavy atom. The minimum absolute atomic E-state index is 0.0950. The molecular weight excluding hydrogens is 297 g/mol. The van der Waals surface area contributed by atoms with Crippen molar-refractivity contribution in [3.63, 3.8) is 0 Å². The van der Waals surface area contributed by atoms with Crippen LogP contribution in [0.3, 0.4) is 0 Å². The number of amides is 2. The quantitative estimate of drug-likeness (QED) is 0.633. The molecule has 0 bridgehead atoms. The molecule has 126 valence electrons. The number of aliphatic hydroxyl groups excluding tert-OH is 1. The van der Waals surface area contributed by atoms with Crippen LogP contribution in [0.15, 0.2) is 24.4 Å². The predicted octanol–water partition coefficient (Wildman–Crippen LogP) is 2.70. The normalized spacial score (nSPS) is 13.7. The fourth-order valence-corrected chi connectivity index (χ4v) is 2.73. The molecule has 4 N–H and O–H groups in total. The highest BCUT2D eigenvalue weighted by atomic mass is 19.1. The molecule has 0 aliphatic heterocycles. The van der Waals surface area contributed by atoms with Crippen LogP contribution in [0.4, 0.5) is 9.18 Å². The number of aliphatic hydroxyl groups is 1. The summed E-state index contributed by atoms with van der Waals surface area (Å²) in [6.45, 7) is 4.20. The van der Waals surface area contributed by atoms with Gasteiger partial charge in [0.1, 0.15) is 5.82 Å². The molecule has 0 radical (unpaired) electrons. The maximum absolute atomic E-state index is 13.2. The van der Waals surface area contributed by atoms with Gasteiger partial charge in [-0.25, -0.2) is 9.18 Å². The molecule has 1 atom stereocenters. The largest absolute Gasteiger partial charge is 0.394 e. The maximum Gasteiger partial charge on any atom is 0.315 e. The van der Waals surface area contributed by atoms with Gasteiger partial charge in [-0.1, -0.05) is 13.3 Å². The molecule has 1 aromatic heterocycles. The van der Waals surface area contributed by atoms with Gasteiger partial charge in [0, 0.05) is 23.6 Å². The molecule has 0 saturated carbocycles. The molecule has 2 rings (SSSR count). The Hall–Kier alpha value is -2.08. The van der Waals surface area contributed by atoms with E-state index >= 15 is 0 Å². The molecule has 2 amide bonds. The van der Waals surface area contributed by atoms with Crippen LogP contribution in [-0.2, 0) is 6.42 Å². The second kappa shape index (κ2) is 7.46. The van der Waals surface area contributed by atoms with E-state index in [1.807, 2.05) is 20.0 Å². The van der Waals surface area contributed by atoms with Gasteiger partial charge in [-0.15, -0.1) is 0 Å². The molecule has 1 unspecified atom stereocenters. The topological polar surface area (TPSA) is 77.2 Å². The average molecular weight is 321 g/mol. The molecule has 0 saturated heterocycles. The number of hydrogen-bond acceptors (Lipinski definition) is 2. The van der Waals surface area contributed by atoms with Crippen molar-refractivity contribution >= 4 is 16.9 Å². The Morgan fingerprint density at radius 3 is 2.91 bits per heavy atom. The van der Waals surface area contributed by atoms with Crippen LogP contribution in [0.5, 0.6) is 0 Å². The third-order valence-corrected chi connectivity index (χ3v) is 3.98. The summed E-state index contributed by atoms with van der Waals surface area (Å²) in [5.41, 5.74) is 1.18. The van der Waals surface area contributed by atoms with Gasteiger partial charge >= 0.3 is 6.03 Å². The third-order valence-electron chi connectivity index (χ3n) is 3.98. The van der Waals surface area contributed by atoms with Crippen molar-refractivity contribution < 1.29 is 14.3 Å². The summed E-state index contributed by atoms with van der Waals surface area (Å²) in [6.07, 6.45) is 4.06. The number of carbonyl (C=O) groups excluding carboxylic acids is 1. The average Bonchev–Trinajstić information content (AvgIpc) is 2.89. The minimum Gasteiger partial charge on any atom is -0.394 e. The van der Waals surface area contributed by atoms with E-state index in [0.717, 1.165) is 22.9 Å². The standard InChI is InChI=1S/C17H24FN3O2/c1-3-7-17(2,11-22)21-16(23)19-8-6-12-10-20-15-9-13(18)4-5-14(12)15/h4-5,9-10,20,22H,3,6-8,11H2,1-2H3,(H2,19,21,23). The lowest BCUT2D eigenvalue weighted by Crippen LogP contribution is -2.52. The van der Waals surface area contributed by atoms with E-state index in [0.29, 0.717) is 19.4 Å². The van der Waals surface area contributed by atoms with Crippen LogP contribution in [0, 0.1) is 5.82 Å². The molecule has 5 nitrogen and oxygen atoms in total. The lowest BCUT2D eigenvalue weighted by atomic mass is 9.98. The first kappa shape index (κ1) is 17.3. The first-order chi connectivity index (χ1) is 11.0. The molecule has 6 heteroatoms. The summed E-state index contributed by atoms with van der Waals surface area (Å²) in [6, 6.07) is 4.33. The first-order valence-electron chi connectivity index (χ1n) is 7.90. The summed E-state index contributed by atoms with van der Waals surface area (Å²) in [7, 11) is 0. The summed E-state index contributed by atoms with van der Waals surface area (Å²) < 4.78 is 13.2. The highest BCUT2D eigenvalue weighted by Gasteiger charge is 2.24. The third kappa shape index (κ3) is 4.45. The van der Waals surface area contributed by atoms with E-state index in [1.165, 1.54) is 12.1 Å². The smallest absolute Gasteiger partial charge is 0.315 e. The van der Waals surface area contributed by atoms with Crippen LogP contribution < -0.4 is 10.6 Å². The number of hydrogen-bond donors (Lipinski definition) is 4. The van der Waals surface area contributed by atoms with Crippen LogP contribution >= 0.6 is 0 Å². The number of fused-ring (bicyclic) bond motifs is 1. The molecule has 1 aromatic carbocycles. The number of nitrogens with one attached hydrogen (secondary N) is 3. The van der Waals surface area contributed by atoms with Crippen LogP contribution in [0.1, 0.15) is 32.3 Å². The molecule has 0 aliphatic rings. The molecule has 23 heavy (non-hydrogen) atoms. The predicted molar refractivity (Wildman–Crippen MR) is 88.9 cm³/mol. The number of benzene rings is 1. The number of aromatic nitrogens is 1. The number of carbonyl (C=O) groups is 1. The van der Waals surface area contributed by atoms with Gasteiger partial charge in [-0.05, 0) is 43.5 Å². The molecule has 2 aromatic rings. The summed E-state index contributed by atoms with van der Waals surface area (Å²) in [5.74, 6) is -0.275. The molecule has 0 spiro atoms. The zero-order chi connectivity index (χ0) is 16.9. The Bertz CT molecular complexity index is 671. The SMILES string of the molecule is CCCC(C)(CO)NC(=O)NCCc1c[nH]c2cc(F)ccc12. The second-order valence-corrected chi connectivity index (χ2v) is 6.10. The van der Waals surface area contributed by atoms with Crippen molar-refractivity contribution in [3.05, 3.63) is 35.8 Å². The van der Waals surface area contributed by atoms with E-state index in [9.17, 15) is 14.3 Å². The van der Waals surface area contributed by atoms with Gasteiger partial charge in [0.05, 0.1) is 12.1 Å². The molecule has 0 aliphatic carbocycles. The number of aromatic amines is 1. The first-order valence-corrected chi connectivity index (χ1v) is 7.90. The Labute approximate surface area is 135 Å². The van der Waals surface area contributed by atoms with Gasteiger partial charge in [-0.3, -0.25) is 0 Å². The number of rotatable bonds is 7. The van der Waals surface area contributed by atoms with Gasteiger partial charge < -0.3 is 20.7 Å². The van der Waals surface area contributed by atoms with Crippen molar-refractivity contribution in [2.45, 2.75) is 38.6 Å². The van der Waals surface area contributed by atoms with Gasteiger partial charge in [0.15, 0.2) is 0 Å². The lowest BCUT2D eigenvalue weighted by molar-refractivity contribution is 0.163. The van der Waals surface area contributed by atoms with Crippen LogP contribution in [0.2, 0.25) is 0 Å². The zero-order valence-electron chi connectivity index (χ0n) is 13.6. The monoisotopic (exact) mass is 321 g/mol. The van der Waals surface area contributed by atoms with E-state index in [1.54, 1.807) is 6.07 Å². The van der Waals surface area contributed by atoms with Crippen molar-refractivity contribution in [2.24, 2.45) is 0 Å². The number of H-pyrrole nitrogens is 1. The minimum atomic E-state index is -0.600. The maximum atomic E-state index is 13.2. The van der Waals surface area contributed by atoms with Crippen LogP contribution in [0.25, 0.3) is 10.9 Å².